The maximum atomic E-state index is 12.5. The van der Waals surface area contributed by atoms with Crippen molar-refractivity contribution in [3.8, 4) is 11.4 Å². The molecular weight excluding hydrogens is 362 g/mol. The number of ether oxygens (including phenoxy) is 3. The molecule has 0 aliphatic carbocycles. The minimum atomic E-state index is -0.475. The molecule has 150 valence electrons. The fourth-order valence-corrected chi connectivity index (χ4v) is 3.28. The molecule has 3 rings (SSSR count). The van der Waals surface area contributed by atoms with Crippen LogP contribution in [-0.2, 0) is 27.2 Å². The van der Waals surface area contributed by atoms with Crippen molar-refractivity contribution in [1.82, 2.24) is 14.7 Å². The van der Waals surface area contributed by atoms with Crippen LogP contribution >= 0.6 is 0 Å². The topological polar surface area (TPSA) is 82.9 Å². The highest BCUT2D eigenvalue weighted by molar-refractivity contribution is 5.90. The number of nitrogens with zero attached hydrogens (tertiary/aromatic N) is 3. The summed E-state index contributed by atoms with van der Waals surface area (Å²) in [5.74, 6) is 0.266. The first-order valence-electron chi connectivity index (χ1n) is 9.28. The smallest absolute Gasteiger partial charge is 0.359 e. The van der Waals surface area contributed by atoms with E-state index in [1.807, 2.05) is 24.3 Å². The third kappa shape index (κ3) is 4.01. The van der Waals surface area contributed by atoms with Crippen LogP contribution < -0.4 is 4.74 Å². The van der Waals surface area contributed by atoms with Crippen LogP contribution in [-0.4, -0.2) is 60.5 Å². The summed E-state index contributed by atoms with van der Waals surface area (Å²) in [7, 11) is 3.18. The van der Waals surface area contributed by atoms with Gasteiger partial charge in [0.15, 0.2) is 5.69 Å². The average molecular weight is 387 g/mol. The number of hydrogen-bond donors (Lipinski definition) is 0. The third-order valence-corrected chi connectivity index (χ3v) is 4.72. The number of amides is 1. The molecule has 1 amide bonds. The normalized spacial score (nSPS) is 13.2. The number of fused-ring (bicyclic) bond motifs is 1. The summed E-state index contributed by atoms with van der Waals surface area (Å²) in [4.78, 5) is 26.6. The molecule has 0 fully saturated rings. The zero-order chi connectivity index (χ0) is 20.1. The summed E-state index contributed by atoms with van der Waals surface area (Å²) in [5, 5.41) is 4.53. The Balaban J connectivity index is 1.96. The number of methoxy groups -OCH3 is 2. The van der Waals surface area contributed by atoms with E-state index in [-0.39, 0.29) is 18.2 Å². The predicted octanol–water partition coefficient (Wildman–Crippen LogP) is 1.98. The zero-order valence-electron chi connectivity index (χ0n) is 16.4. The molecule has 28 heavy (non-hydrogen) atoms. The van der Waals surface area contributed by atoms with Crippen molar-refractivity contribution in [2.75, 3.05) is 34.0 Å². The lowest BCUT2D eigenvalue weighted by molar-refractivity contribution is -0.133. The van der Waals surface area contributed by atoms with Crippen LogP contribution in [0.25, 0.3) is 5.69 Å². The van der Waals surface area contributed by atoms with Gasteiger partial charge in [0.05, 0.1) is 38.1 Å². The molecule has 1 aromatic carbocycles. The Bertz CT molecular complexity index is 844. The Morgan fingerprint density at radius 3 is 2.57 bits per heavy atom. The number of carbonyl (C=O) groups excluding carboxylic acids is 2. The van der Waals surface area contributed by atoms with Crippen LogP contribution in [0.2, 0.25) is 0 Å². The summed E-state index contributed by atoms with van der Waals surface area (Å²) in [6, 6.07) is 7.46. The predicted molar refractivity (Wildman–Crippen MR) is 102 cm³/mol. The number of benzene rings is 1. The van der Waals surface area contributed by atoms with Crippen molar-refractivity contribution in [1.29, 1.82) is 0 Å². The van der Waals surface area contributed by atoms with Crippen LogP contribution in [0.5, 0.6) is 5.75 Å². The van der Waals surface area contributed by atoms with Gasteiger partial charge in [-0.2, -0.15) is 5.10 Å². The van der Waals surface area contributed by atoms with Gasteiger partial charge in [-0.1, -0.05) is 0 Å². The Morgan fingerprint density at radius 1 is 1.18 bits per heavy atom. The first kappa shape index (κ1) is 19.9. The highest BCUT2D eigenvalue weighted by Crippen LogP contribution is 2.27. The second-order valence-corrected chi connectivity index (χ2v) is 6.41. The molecule has 0 radical (unpaired) electrons. The molecule has 0 spiro atoms. The minimum absolute atomic E-state index is 0.000457. The van der Waals surface area contributed by atoms with Gasteiger partial charge >= 0.3 is 5.97 Å². The quantitative estimate of drug-likeness (QED) is 0.676. The first-order valence-corrected chi connectivity index (χ1v) is 9.28. The number of aromatic nitrogens is 2. The highest BCUT2D eigenvalue weighted by Gasteiger charge is 2.31. The fraction of sp³-hybridized carbons (Fsp3) is 0.450. The summed E-state index contributed by atoms with van der Waals surface area (Å²) in [6.45, 7) is 3.30. The van der Waals surface area contributed by atoms with Crippen molar-refractivity contribution in [3.63, 3.8) is 0 Å². The molecule has 0 bridgehead atoms. The largest absolute Gasteiger partial charge is 0.497 e. The van der Waals surface area contributed by atoms with Gasteiger partial charge in [0, 0.05) is 32.2 Å². The van der Waals surface area contributed by atoms with E-state index in [0.29, 0.717) is 32.5 Å². The fourth-order valence-electron chi connectivity index (χ4n) is 3.28. The van der Waals surface area contributed by atoms with Gasteiger partial charge in [-0.3, -0.25) is 4.79 Å². The molecule has 0 atom stereocenters. The van der Waals surface area contributed by atoms with E-state index < -0.39 is 5.97 Å². The highest BCUT2D eigenvalue weighted by atomic mass is 16.5. The SMILES string of the molecule is CCOC(=O)c1nn(-c2ccc(OC)cc2)c2c1CN(C(=O)CCOC)CC2. The second-order valence-electron chi connectivity index (χ2n) is 6.41. The molecule has 0 saturated carbocycles. The molecule has 1 aliphatic heterocycles. The lowest BCUT2D eigenvalue weighted by Crippen LogP contribution is -2.37. The van der Waals surface area contributed by atoms with Crippen molar-refractivity contribution >= 4 is 11.9 Å². The standard InChI is InChI=1S/C20H25N3O5/c1-4-28-20(25)19-16-13-22(18(24)10-12-26-2)11-9-17(16)23(21-19)14-5-7-15(27-3)8-6-14/h5-8H,4,9-13H2,1-3H3. The van der Waals surface area contributed by atoms with Crippen LogP contribution in [0.15, 0.2) is 24.3 Å². The minimum Gasteiger partial charge on any atom is -0.497 e. The number of hydrogen-bond acceptors (Lipinski definition) is 6. The molecule has 2 heterocycles. The zero-order valence-corrected chi connectivity index (χ0v) is 16.4. The summed E-state index contributed by atoms with van der Waals surface area (Å²) >= 11 is 0. The van der Waals surface area contributed by atoms with Gasteiger partial charge in [-0.15, -0.1) is 0 Å². The molecule has 1 aromatic heterocycles. The van der Waals surface area contributed by atoms with E-state index >= 15 is 0 Å². The third-order valence-electron chi connectivity index (χ3n) is 4.72. The molecule has 2 aromatic rings. The average Bonchev–Trinajstić information content (AvgIpc) is 3.11. The lowest BCUT2D eigenvalue weighted by Gasteiger charge is -2.28. The van der Waals surface area contributed by atoms with Gasteiger partial charge < -0.3 is 19.1 Å². The van der Waals surface area contributed by atoms with Gasteiger partial charge in [-0.05, 0) is 31.2 Å². The van der Waals surface area contributed by atoms with Crippen molar-refractivity contribution < 1.29 is 23.8 Å². The van der Waals surface area contributed by atoms with Crippen LogP contribution in [0.1, 0.15) is 35.1 Å². The van der Waals surface area contributed by atoms with Gasteiger partial charge in [0.1, 0.15) is 5.75 Å². The van der Waals surface area contributed by atoms with Gasteiger partial charge in [0.2, 0.25) is 5.91 Å². The number of carbonyl (C=O) groups is 2. The molecular formula is C20H25N3O5. The Labute approximate surface area is 164 Å². The molecule has 8 heteroatoms. The summed E-state index contributed by atoms with van der Waals surface area (Å²) < 4.78 is 17.2. The van der Waals surface area contributed by atoms with E-state index in [9.17, 15) is 9.59 Å². The maximum Gasteiger partial charge on any atom is 0.359 e. The van der Waals surface area contributed by atoms with Crippen LogP contribution in [0.3, 0.4) is 0 Å². The van der Waals surface area contributed by atoms with Crippen molar-refractivity contribution in [3.05, 3.63) is 41.2 Å². The molecule has 1 aliphatic rings. The maximum absolute atomic E-state index is 12.5. The van der Waals surface area contributed by atoms with E-state index in [1.165, 1.54) is 0 Å². The Hall–Kier alpha value is -2.87. The van der Waals surface area contributed by atoms with Crippen LogP contribution in [0.4, 0.5) is 0 Å². The van der Waals surface area contributed by atoms with Crippen molar-refractivity contribution in [2.45, 2.75) is 26.3 Å². The first-order chi connectivity index (χ1) is 13.6. The van der Waals surface area contributed by atoms with Crippen LogP contribution in [0, 0.1) is 0 Å². The Morgan fingerprint density at radius 2 is 1.93 bits per heavy atom. The molecule has 0 saturated heterocycles. The molecule has 0 unspecified atom stereocenters. The summed E-state index contributed by atoms with van der Waals surface area (Å²) in [6.07, 6.45) is 0.916. The van der Waals surface area contributed by atoms with E-state index in [0.717, 1.165) is 22.7 Å². The van der Waals surface area contributed by atoms with Gasteiger partial charge in [0.25, 0.3) is 0 Å². The van der Waals surface area contributed by atoms with Crippen molar-refractivity contribution in [2.24, 2.45) is 0 Å². The van der Waals surface area contributed by atoms with Gasteiger partial charge in [-0.25, -0.2) is 9.48 Å². The molecule has 0 N–H and O–H groups in total. The van der Waals surface area contributed by atoms with E-state index in [4.69, 9.17) is 14.2 Å². The molecule has 8 nitrogen and oxygen atoms in total. The Kier molecular flexibility index (Phi) is 6.30. The van der Waals surface area contributed by atoms with E-state index in [2.05, 4.69) is 5.10 Å². The lowest BCUT2D eigenvalue weighted by atomic mass is 10.0. The number of rotatable bonds is 7. The number of esters is 1. The monoisotopic (exact) mass is 387 g/mol. The second kappa shape index (κ2) is 8.88. The summed E-state index contributed by atoms with van der Waals surface area (Å²) in [5.41, 5.74) is 2.75. The van der Waals surface area contributed by atoms with E-state index in [1.54, 1.807) is 30.7 Å².